The molecule has 1 aromatic rings. The molecule has 0 aliphatic heterocycles. The highest BCUT2D eigenvalue weighted by molar-refractivity contribution is 5.60. The summed E-state index contributed by atoms with van der Waals surface area (Å²) >= 11 is 0. The van der Waals surface area contributed by atoms with E-state index in [1.54, 1.807) is 0 Å². The minimum Gasteiger partial charge on any atom is -0.393 e. The Morgan fingerprint density at radius 1 is 1.47 bits per heavy atom. The van der Waals surface area contributed by atoms with Crippen LogP contribution in [0, 0.1) is 5.92 Å². The lowest BCUT2D eigenvalue weighted by molar-refractivity contribution is 0.0487. The Labute approximate surface area is 110 Å². The number of H-pyrrole nitrogens is 1. The molecule has 1 aliphatic carbocycles. The van der Waals surface area contributed by atoms with E-state index in [2.05, 4.69) is 10.3 Å². The summed E-state index contributed by atoms with van der Waals surface area (Å²) in [4.78, 5) is 25.6. The van der Waals surface area contributed by atoms with Crippen molar-refractivity contribution >= 4 is 11.5 Å². The predicted molar refractivity (Wildman–Crippen MR) is 73.2 cm³/mol. The zero-order valence-electron chi connectivity index (χ0n) is 11.0. The van der Waals surface area contributed by atoms with E-state index >= 15 is 0 Å². The molecule has 0 bridgehead atoms. The second kappa shape index (κ2) is 5.48. The van der Waals surface area contributed by atoms with Crippen LogP contribution in [0.2, 0.25) is 0 Å². The van der Waals surface area contributed by atoms with Gasteiger partial charge in [0, 0.05) is 13.1 Å². The van der Waals surface area contributed by atoms with Crippen molar-refractivity contribution in [2.75, 3.05) is 17.6 Å². The van der Waals surface area contributed by atoms with E-state index in [1.807, 2.05) is 6.92 Å². The number of aliphatic hydroxyl groups is 1. The predicted octanol–water partition coefficient (Wildman–Crippen LogP) is -0.288. The summed E-state index contributed by atoms with van der Waals surface area (Å²) in [6.07, 6.45) is 2.00. The number of hydrogen-bond acceptors (Lipinski definition) is 5. The van der Waals surface area contributed by atoms with Crippen molar-refractivity contribution in [3.05, 3.63) is 20.8 Å². The van der Waals surface area contributed by atoms with E-state index in [9.17, 15) is 14.7 Å². The first kappa shape index (κ1) is 13.7. The number of nitrogens with two attached hydrogens (primary N) is 1. The molecular weight excluding hydrogens is 248 g/mol. The standard InChI is InChI=1S/C12H20N4O3/c1-2-3-16-10(13)9(11(18)15-12(16)19)14-6-7-4-8(17)5-7/h7-8,14,17H,2-6,13H2,1H3,(H,15,18,19). The van der Waals surface area contributed by atoms with Crippen molar-refractivity contribution in [2.24, 2.45) is 5.92 Å². The van der Waals surface area contributed by atoms with Gasteiger partial charge >= 0.3 is 5.69 Å². The van der Waals surface area contributed by atoms with Gasteiger partial charge in [0.05, 0.1) is 6.10 Å². The molecule has 0 unspecified atom stereocenters. The first-order chi connectivity index (χ1) is 9.02. The van der Waals surface area contributed by atoms with Crippen LogP contribution < -0.4 is 22.3 Å². The van der Waals surface area contributed by atoms with Crippen LogP contribution in [0.25, 0.3) is 0 Å². The van der Waals surface area contributed by atoms with Gasteiger partial charge in [-0.25, -0.2) is 4.79 Å². The number of rotatable bonds is 5. The number of aromatic amines is 1. The molecule has 0 spiro atoms. The van der Waals surface area contributed by atoms with Crippen molar-refractivity contribution in [1.29, 1.82) is 0 Å². The molecule has 2 rings (SSSR count). The molecule has 7 nitrogen and oxygen atoms in total. The van der Waals surface area contributed by atoms with Crippen molar-refractivity contribution in [3.8, 4) is 0 Å². The van der Waals surface area contributed by atoms with Gasteiger partial charge in [0.2, 0.25) is 0 Å². The molecule has 0 radical (unpaired) electrons. The van der Waals surface area contributed by atoms with Gasteiger partial charge in [-0.1, -0.05) is 6.92 Å². The third-order valence-corrected chi connectivity index (χ3v) is 3.47. The number of aromatic nitrogens is 2. The van der Waals surface area contributed by atoms with Gasteiger partial charge < -0.3 is 16.2 Å². The smallest absolute Gasteiger partial charge is 0.330 e. The highest BCUT2D eigenvalue weighted by Crippen LogP contribution is 2.27. The zero-order valence-corrected chi connectivity index (χ0v) is 11.0. The lowest BCUT2D eigenvalue weighted by Crippen LogP contribution is -2.37. The largest absolute Gasteiger partial charge is 0.393 e. The molecule has 7 heteroatoms. The number of nitrogens with zero attached hydrogens (tertiary/aromatic N) is 1. The molecule has 5 N–H and O–H groups in total. The molecule has 19 heavy (non-hydrogen) atoms. The molecule has 0 amide bonds. The maximum Gasteiger partial charge on any atom is 0.330 e. The Morgan fingerprint density at radius 2 is 2.16 bits per heavy atom. The van der Waals surface area contributed by atoms with Crippen molar-refractivity contribution in [1.82, 2.24) is 9.55 Å². The summed E-state index contributed by atoms with van der Waals surface area (Å²) in [7, 11) is 0. The monoisotopic (exact) mass is 268 g/mol. The molecule has 0 aromatic carbocycles. The van der Waals surface area contributed by atoms with Crippen molar-refractivity contribution in [3.63, 3.8) is 0 Å². The fourth-order valence-electron chi connectivity index (χ4n) is 2.32. The average molecular weight is 268 g/mol. The van der Waals surface area contributed by atoms with Crippen LogP contribution in [0.5, 0.6) is 0 Å². The van der Waals surface area contributed by atoms with E-state index in [1.165, 1.54) is 4.57 Å². The number of aliphatic hydroxyl groups excluding tert-OH is 1. The van der Waals surface area contributed by atoms with Gasteiger partial charge in [-0.3, -0.25) is 14.3 Å². The fourth-order valence-corrected chi connectivity index (χ4v) is 2.32. The summed E-state index contributed by atoms with van der Waals surface area (Å²) < 4.78 is 1.36. The van der Waals surface area contributed by atoms with Crippen LogP contribution in [0.3, 0.4) is 0 Å². The van der Waals surface area contributed by atoms with Gasteiger partial charge in [-0.2, -0.15) is 0 Å². The first-order valence-corrected chi connectivity index (χ1v) is 6.57. The number of anilines is 2. The Morgan fingerprint density at radius 3 is 2.74 bits per heavy atom. The summed E-state index contributed by atoms with van der Waals surface area (Å²) in [5.41, 5.74) is 5.15. The van der Waals surface area contributed by atoms with Crippen LogP contribution in [0.4, 0.5) is 11.5 Å². The lowest BCUT2D eigenvalue weighted by atomic mass is 9.82. The van der Waals surface area contributed by atoms with Crippen LogP contribution >= 0.6 is 0 Å². The second-order valence-electron chi connectivity index (χ2n) is 5.04. The Hall–Kier alpha value is -1.76. The topological polar surface area (TPSA) is 113 Å². The highest BCUT2D eigenvalue weighted by Gasteiger charge is 2.27. The molecule has 106 valence electrons. The summed E-state index contributed by atoms with van der Waals surface area (Å²) in [6.45, 7) is 2.98. The van der Waals surface area contributed by atoms with Gasteiger partial charge in [0.15, 0.2) is 0 Å². The van der Waals surface area contributed by atoms with Gasteiger partial charge in [0.1, 0.15) is 11.5 Å². The highest BCUT2D eigenvalue weighted by atomic mass is 16.3. The summed E-state index contributed by atoms with van der Waals surface area (Å²) in [5, 5.41) is 12.2. The summed E-state index contributed by atoms with van der Waals surface area (Å²) in [5.74, 6) is 0.524. The molecule has 1 heterocycles. The zero-order chi connectivity index (χ0) is 14.0. The van der Waals surface area contributed by atoms with Gasteiger partial charge in [0.25, 0.3) is 5.56 Å². The molecule has 0 saturated heterocycles. The third kappa shape index (κ3) is 2.81. The number of nitrogens with one attached hydrogen (secondary N) is 2. The third-order valence-electron chi connectivity index (χ3n) is 3.47. The maximum atomic E-state index is 11.7. The normalized spacial score (nSPS) is 22.0. The molecule has 1 aliphatic rings. The minimum absolute atomic E-state index is 0.176. The number of nitrogen functional groups attached to an aromatic ring is 1. The van der Waals surface area contributed by atoms with E-state index in [4.69, 9.17) is 5.73 Å². The van der Waals surface area contributed by atoms with Crippen LogP contribution in [0.1, 0.15) is 26.2 Å². The van der Waals surface area contributed by atoms with Crippen LogP contribution in [-0.2, 0) is 6.54 Å². The van der Waals surface area contributed by atoms with E-state index in [-0.39, 0.29) is 17.6 Å². The van der Waals surface area contributed by atoms with Crippen molar-refractivity contribution < 1.29 is 5.11 Å². The van der Waals surface area contributed by atoms with E-state index in [0.717, 1.165) is 19.3 Å². The SMILES string of the molecule is CCCn1c(N)c(NCC2CC(O)C2)c(=O)[nH]c1=O. The number of hydrogen-bond donors (Lipinski definition) is 4. The first-order valence-electron chi connectivity index (χ1n) is 6.57. The summed E-state index contributed by atoms with van der Waals surface area (Å²) in [6, 6.07) is 0. The molecular formula is C12H20N4O3. The van der Waals surface area contributed by atoms with Crippen molar-refractivity contribution in [2.45, 2.75) is 38.8 Å². The Kier molecular flexibility index (Phi) is 3.94. The fraction of sp³-hybridized carbons (Fsp3) is 0.667. The van der Waals surface area contributed by atoms with Crippen LogP contribution in [-0.4, -0.2) is 27.3 Å². The molecule has 0 atom stereocenters. The molecule has 1 saturated carbocycles. The van der Waals surface area contributed by atoms with Gasteiger partial charge in [-0.05, 0) is 25.2 Å². The molecule has 1 aromatic heterocycles. The maximum absolute atomic E-state index is 11.7. The quantitative estimate of drug-likeness (QED) is 0.586. The average Bonchev–Trinajstić information content (AvgIpc) is 2.31. The van der Waals surface area contributed by atoms with Crippen LogP contribution in [0.15, 0.2) is 9.59 Å². The lowest BCUT2D eigenvalue weighted by Gasteiger charge is -2.31. The minimum atomic E-state index is -0.491. The van der Waals surface area contributed by atoms with E-state index in [0.29, 0.717) is 19.0 Å². The molecule has 1 fully saturated rings. The van der Waals surface area contributed by atoms with E-state index < -0.39 is 11.2 Å². The Bertz CT molecular complexity index is 557. The van der Waals surface area contributed by atoms with Gasteiger partial charge in [-0.15, -0.1) is 0 Å². The second-order valence-corrected chi connectivity index (χ2v) is 5.04. The Balaban J connectivity index is 2.17.